The molecule has 2 aromatic rings. The second-order valence-corrected chi connectivity index (χ2v) is 7.13. The topological polar surface area (TPSA) is 93.7 Å². The van der Waals surface area contributed by atoms with Crippen LogP contribution in [0.3, 0.4) is 0 Å². The number of amides is 3. The Labute approximate surface area is 164 Å². The fraction of sp³-hybridized carbons (Fsp3) is 0.286. The van der Waals surface area contributed by atoms with Crippen molar-refractivity contribution in [3.05, 3.63) is 65.7 Å². The summed E-state index contributed by atoms with van der Waals surface area (Å²) in [6.07, 6.45) is 0. The van der Waals surface area contributed by atoms with Gasteiger partial charge < -0.3 is 14.8 Å². The molecule has 0 heterocycles. The minimum absolute atomic E-state index is 0.277. The normalized spacial score (nSPS) is 10.7. The SMILES string of the molecule is CC(C)(C)NC(=O)NC(=O)COC(=O)c1ccc(OCc2ccccc2)cc1. The van der Waals surface area contributed by atoms with Crippen LogP contribution in [0, 0.1) is 0 Å². The van der Waals surface area contributed by atoms with E-state index in [0.717, 1.165) is 5.56 Å². The first-order valence-corrected chi connectivity index (χ1v) is 8.79. The molecule has 0 aliphatic heterocycles. The van der Waals surface area contributed by atoms with E-state index in [1.54, 1.807) is 45.0 Å². The van der Waals surface area contributed by atoms with Gasteiger partial charge in [0.15, 0.2) is 6.61 Å². The van der Waals surface area contributed by atoms with Crippen LogP contribution in [0.1, 0.15) is 36.7 Å². The number of hydrogen-bond donors (Lipinski definition) is 2. The second-order valence-electron chi connectivity index (χ2n) is 7.13. The largest absolute Gasteiger partial charge is 0.489 e. The third-order valence-electron chi connectivity index (χ3n) is 3.41. The summed E-state index contributed by atoms with van der Waals surface area (Å²) < 4.78 is 10.6. The molecule has 2 N–H and O–H groups in total. The Morgan fingerprint density at radius 2 is 1.57 bits per heavy atom. The molecule has 7 nitrogen and oxygen atoms in total. The molecule has 0 spiro atoms. The molecule has 0 atom stereocenters. The fourth-order valence-electron chi connectivity index (χ4n) is 2.18. The van der Waals surface area contributed by atoms with Crippen molar-refractivity contribution in [1.29, 1.82) is 0 Å². The highest BCUT2D eigenvalue weighted by atomic mass is 16.5. The number of esters is 1. The lowest BCUT2D eigenvalue weighted by Crippen LogP contribution is -2.49. The zero-order valence-corrected chi connectivity index (χ0v) is 16.2. The Kier molecular flexibility index (Phi) is 7.14. The van der Waals surface area contributed by atoms with Crippen molar-refractivity contribution < 1.29 is 23.9 Å². The van der Waals surface area contributed by atoms with Gasteiger partial charge >= 0.3 is 12.0 Å². The van der Waals surface area contributed by atoms with Crippen molar-refractivity contribution >= 4 is 17.9 Å². The first kappa shape index (κ1) is 21.0. The van der Waals surface area contributed by atoms with Gasteiger partial charge in [-0.3, -0.25) is 10.1 Å². The summed E-state index contributed by atoms with van der Waals surface area (Å²) in [5, 5.41) is 4.67. The van der Waals surface area contributed by atoms with E-state index in [9.17, 15) is 14.4 Å². The lowest BCUT2D eigenvalue weighted by atomic mass is 10.1. The van der Waals surface area contributed by atoms with Crippen LogP contribution in [0.15, 0.2) is 54.6 Å². The van der Waals surface area contributed by atoms with E-state index >= 15 is 0 Å². The van der Waals surface area contributed by atoms with Gasteiger partial charge in [-0.15, -0.1) is 0 Å². The zero-order valence-electron chi connectivity index (χ0n) is 16.2. The Morgan fingerprint density at radius 3 is 2.18 bits per heavy atom. The van der Waals surface area contributed by atoms with Crippen LogP contribution in [0.25, 0.3) is 0 Å². The molecule has 7 heteroatoms. The molecule has 0 aliphatic carbocycles. The summed E-state index contributed by atoms with van der Waals surface area (Å²) in [5.74, 6) is -0.768. The molecule has 0 aliphatic rings. The van der Waals surface area contributed by atoms with Crippen molar-refractivity contribution in [3.63, 3.8) is 0 Å². The number of urea groups is 1. The number of ether oxygens (including phenoxy) is 2. The fourth-order valence-corrected chi connectivity index (χ4v) is 2.18. The molecule has 2 rings (SSSR count). The maximum atomic E-state index is 12.0. The molecular weight excluding hydrogens is 360 g/mol. The molecule has 2 aromatic carbocycles. The molecule has 0 radical (unpaired) electrons. The minimum Gasteiger partial charge on any atom is -0.489 e. The predicted octanol–water partition coefficient (Wildman–Crippen LogP) is 3.05. The minimum atomic E-state index is -0.710. The van der Waals surface area contributed by atoms with Crippen LogP contribution in [0.5, 0.6) is 5.75 Å². The van der Waals surface area contributed by atoms with E-state index in [4.69, 9.17) is 9.47 Å². The maximum Gasteiger partial charge on any atom is 0.338 e. The van der Waals surface area contributed by atoms with Crippen molar-refractivity contribution in [2.24, 2.45) is 0 Å². The second kappa shape index (κ2) is 9.55. The van der Waals surface area contributed by atoms with Crippen molar-refractivity contribution in [1.82, 2.24) is 10.6 Å². The summed E-state index contributed by atoms with van der Waals surface area (Å²) in [7, 11) is 0. The number of imide groups is 1. The summed E-state index contributed by atoms with van der Waals surface area (Å²) in [5.41, 5.74) is 0.831. The molecule has 0 aromatic heterocycles. The van der Waals surface area contributed by atoms with Crippen LogP contribution >= 0.6 is 0 Å². The molecular formula is C21H24N2O5. The van der Waals surface area contributed by atoms with E-state index in [0.29, 0.717) is 12.4 Å². The van der Waals surface area contributed by atoms with Gasteiger partial charge in [0.25, 0.3) is 5.91 Å². The first-order valence-electron chi connectivity index (χ1n) is 8.79. The van der Waals surface area contributed by atoms with Gasteiger partial charge in [0.2, 0.25) is 0 Å². The highest BCUT2D eigenvalue weighted by molar-refractivity contribution is 5.97. The number of nitrogens with one attached hydrogen (secondary N) is 2. The average Bonchev–Trinajstić information content (AvgIpc) is 2.64. The third-order valence-corrected chi connectivity index (χ3v) is 3.41. The quantitative estimate of drug-likeness (QED) is 0.747. The van der Waals surface area contributed by atoms with Gasteiger partial charge in [0.05, 0.1) is 5.56 Å². The maximum absolute atomic E-state index is 12.0. The van der Waals surface area contributed by atoms with Gasteiger partial charge in [-0.1, -0.05) is 30.3 Å². The highest BCUT2D eigenvalue weighted by Crippen LogP contribution is 2.15. The molecule has 28 heavy (non-hydrogen) atoms. The smallest absolute Gasteiger partial charge is 0.338 e. The first-order chi connectivity index (χ1) is 13.2. The lowest BCUT2D eigenvalue weighted by Gasteiger charge is -2.20. The lowest BCUT2D eigenvalue weighted by molar-refractivity contribution is -0.123. The molecule has 3 amide bonds. The van der Waals surface area contributed by atoms with Crippen LogP contribution in [-0.4, -0.2) is 30.1 Å². The summed E-state index contributed by atoms with van der Waals surface area (Å²) in [6.45, 7) is 5.21. The zero-order chi connectivity index (χ0) is 20.6. The highest BCUT2D eigenvalue weighted by Gasteiger charge is 2.17. The Morgan fingerprint density at radius 1 is 0.929 bits per heavy atom. The van der Waals surface area contributed by atoms with Crippen molar-refractivity contribution in [3.8, 4) is 5.75 Å². The van der Waals surface area contributed by atoms with E-state index in [2.05, 4.69) is 10.6 Å². The van der Waals surface area contributed by atoms with Crippen molar-refractivity contribution in [2.45, 2.75) is 32.9 Å². The van der Waals surface area contributed by atoms with Gasteiger partial charge in [0, 0.05) is 5.54 Å². The van der Waals surface area contributed by atoms with Gasteiger partial charge in [-0.05, 0) is 50.6 Å². The van der Waals surface area contributed by atoms with E-state index in [1.165, 1.54) is 0 Å². The molecule has 0 fully saturated rings. The Bertz CT molecular complexity index is 811. The summed E-state index contributed by atoms with van der Waals surface area (Å²) >= 11 is 0. The number of rotatable bonds is 6. The summed E-state index contributed by atoms with van der Waals surface area (Å²) in [4.78, 5) is 35.3. The van der Waals surface area contributed by atoms with Gasteiger partial charge in [0.1, 0.15) is 12.4 Å². The van der Waals surface area contributed by atoms with Gasteiger partial charge in [-0.2, -0.15) is 0 Å². The number of carbonyl (C=O) groups excluding carboxylic acids is 3. The Balaban J connectivity index is 1.77. The molecule has 0 saturated heterocycles. The Hall–Kier alpha value is -3.35. The van der Waals surface area contributed by atoms with Crippen LogP contribution in [0.4, 0.5) is 4.79 Å². The molecule has 148 valence electrons. The van der Waals surface area contributed by atoms with E-state index in [-0.39, 0.29) is 5.56 Å². The summed E-state index contributed by atoms with van der Waals surface area (Å²) in [6, 6.07) is 15.5. The standard InChI is InChI=1S/C21H24N2O5/c1-21(2,3)23-20(26)22-18(24)14-28-19(25)16-9-11-17(12-10-16)27-13-15-7-5-4-6-8-15/h4-12H,13-14H2,1-3H3,(H2,22,23,24,26). The van der Waals surface area contributed by atoms with Crippen LogP contribution < -0.4 is 15.4 Å². The average molecular weight is 384 g/mol. The number of hydrogen-bond acceptors (Lipinski definition) is 5. The molecule has 0 unspecified atom stereocenters. The third kappa shape index (κ3) is 7.49. The van der Waals surface area contributed by atoms with E-state index in [1.807, 2.05) is 30.3 Å². The monoisotopic (exact) mass is 384 g/mol. The molecule has 0 saturated carbocycles. The van der Waals surface area contributed by atoms with E-state index < -0.39 is 30.1 Å². The number of carbonyl (C=O) groups is 3. The van der Waals surface area contributed by atoms with Crippen LogP contribution in [0.2, 0.25) is 0 Å². The molecule has 0 bridgehead atoms. The van der Waals surface area contributed by atoms with Gasteiger partial charge in [-0.25, -0.2) is 9.59 Å². The number of benzene rings is 2. The predicted molar refractivity (Wildman–Crippen MR) is 104 cm³/mol. The van der Waals surface area contributed by atoms with Crippen molar-refractivity contribution in [2.75, 3.05) is 6.61 Å². The van der Waals surface area contributed by atoms with Crippen LogP contribution in [-0.2, 0) is 16.1 Å².